The normalized spacial score (nSPS) is 14.4. The summed E-state index contributed by atoms with van der Waals surface area (Å²) < 4.78 is 51.9. The summed E-state index contributed by atoms with van der Waals surface area (Å²) in [4.78, 5) is 2.43. The Morgan fingerprint density at radius 3 is 2.11 bits per heavy atom. The molecule has 18 heavy (non-hydrogen) atoms. The van der Waals surface area contributed by atoms with Gasteiger partial charge in [0.05, 0.1) is 6.10 Å². The second kappa shape index (κ2) is 5.99. The molecule has 3 nitrogen and oxygen atoms in total. The smallest absolute Gasteiger partial charge is 0.253 e. The van der Waals surface area contributed by atoms with E-state index in [1.807, 2.05) is 6.92 Å². The van der Waals surface area contributed by atoms with Crippen LogP contribution in [-0.2, 0) is 0 Å². The third-order valence-corrected chi connectivity index (χ3v) is 2.79. The third kappa shape index (κ3) is 3.10. The van der Waals surface area contributed by atoms with Gasteiger partial charge in [0.25, 0.3) is 11.9 Å². The fourth-order valence-electron chi connectivity index (χ4n) is 1.32. The van der Waals surface area contributed by atoms with Gasteiger partial charge in [-0.25, -0.2) is 0 Å². The summed E-state index contributed by atoms with van der Waals surface area (Å²) in [6.07, 6.45) is -0.222. The molecule has 0 aliphatic carbocycles. The van der Waals surface area contributed by atoms with Gasteiger partial charge < -0.3 is 10.4 Å². The number of aliphatic hydroxyl groups excluding tert-OH is 1. The van der Waals surface area contributed by atoms with E-state index in [-0.39, 0.29) is 12.5 Å². The Morgan fingerprint density at radius 1 is 1.17 bits per heavy atom. The molecule has 1 rings (SSSR count). The Balaban J connectivity index is 2.85. The van der Waals surface area contributed by atoms with E-state index >= 15 is 0 Å². The van der Waals surface area contributed by atoms with E-state index in [1.54, 1.807) is 6.92 Å². The molecule has 102 valence electrons. The maximum absolute atomic E-state index is 13.2. The van der Waals surface area contributed by atoms with Crippen molar-refractivity contribution in [3.8, 4) is 0 Å². The van der Waals surface area contributed by atoms with Crippen LogP contribution in [0.25, 0.3) is 0 Å². The summed E-state index contributed by atoms with van der Waals surface area (Å²) >= 11 is 0. The molecule has 0 saturated carbocycles. The van der Waals surface area contributed by atoms with Gasteiger partial charge in [-0.1, -0.05) is 20.3 Å². The van der Waals surface area contributed by atoms with Crippen molar-refractivity contribution < 1.29 is 22.7 Å². The Kier molecular flexibility index (Phi) is 4.89. The molecule has 1 heterocycles. The van der Waals surface area contributed by atoms with Gasteiger partial charge in [-0.15, -0.1) is 0 Å². The maximum atomic E-state index is 13.2. The predicted molar refractivity (Wildman–Crippen MR) is 58.0 cm³/mol. The van der Waals surface area contributed by atoms with Gasteiger partial charge in [-0.05, 0) is 5.92 Å². The fraction of sp³-hybridized carbons (Fsp3) is 0.545. The minimum absolute atomic E-state index is 0.111. The average Bonchev–Trinajstić information content (AvgIpc) is 2.35. The number of hydrogen-bond acceptors (Lipinski definition) is 3. The lowest BCUT2D eigenvalue weighted by Crippen LogP contribution is -2.27. The Morgan fingerprint density at radius 2 is 1.67 bits per heavy atom. The van der Waals surface area contributed by atoms with Crippen LogP contribution in [0.3, 0.4) is 0 Å². The molecule has 0 saturated heterocycles. The lowest BCUT2D eigenvalue weighted by Gasteiger charge is -2.18. The highest BCUT2D eigenvalue weighted by atomic mass is 19.2. The van der Waals surface area contributed by atoms with Crippen molar-refractivity contribution in [2.24, 2.45) is 5.92 Å². The average molecular weight is 266 g/mol. The van der Waals surface area contributed by atoms with Crippen molar-refractivity contribution in [3.05, 3.63) is 23.5 Å². The van der Waals surface area contributed by atoms with Crippen LogP contribution in [0.5, 0.6) is 0 Å². The first-order valence-electron chi connectivity index (χ1n) is 5.50. The number of aliphatic hydroxyl groups is 1. The highest BCUT2D eigenvalue weighted by Crippen LogP contribution is 2.22. The predicted octanol–water partition coefficient (Wildman–Crippen LogP) is 2.46. The highest BCUT2D eigenvalue weighted by molar-refractivity contribution is 5.45. The lowest BCUT2D eigenvalue weighted by atomic mass is 10.0. The number of anilines is 1. The lowest BCUT2D eigenvalue weighted by molar-refractivity contribution is 0.126. The summed E-state index contributed by atoms with van der Waals surface area (Å²) in [5.41, 5.74) is -0.956. The van der Waals surface area contributed by atoms with Gasteiger partial charge in [0.15, 0.2) is 0 Å². The molecular formula is C11H14F4N2O. The van der Waals surface area contributed by atoms with Gasteiger partial charge >= 0.3 is 0 Å². The fourth-order valence-corrected chi connectivity index (χ4v) is 1.32. The standard InChI is InChI=1S/C11H14F4N2O/c1-3-5(2)6(18)4-16-9-7(12)10(14)17-11(15)8(9)13/h5-6,18H,3-4H2,1-2H3,(H,16,17). The zero-order valence-electron chi connectivity index (χ0n) is 9.98. The number of halogens is 4. The summed E-state index contributed by atoms with van der Waals surface area (Å²) in [7, 11) is 0. The minimum Gasteiger partial charge on any atom is -0.391 e. The zero-order chi connectivity index (χ0) is 13.9. The number of rotatable bonds is 5. The van der Waals surface area contributed by atoms with Crippen LogP contribution in [0.1, 0.15) is 20.3 Å². The van der Waals surface area contributed by atoms with E-state index in [9.17, 15) is 22.7 Å². The Labute approximate surface area is 102 Å². The van der Waals surface area contributed by atoms with Crippen LogP contribution >= 0.6 is 0 Å². The van der Waals surface area contributed by atoms with Crippen molar-refractivity contribution in [2.45, 2.75) is 26.4 Å². The number of aromatic nitrogens is 1. The van der Waals surface area contributed by atoms with Crippen LogP contribution in [0, 0.1) is 29.4 Å². The highest BCUT2D eigenvalue weighted by Gasteiger charge is 2.21. The maximum Gasteiger partial charge on any atom is 0.253 e. The first-order chi connectivity index (χ1) is 8.38. The van der Waals surface area contributed by atoms with Crippen LogP contribution < -0.4 is 5.32 Å². The van der Waals surface area contributed by atoms with Crippen LogP contribution in [0.4, 0.5) is 23.2 Å². The SMILES string of the molecule is CCC(C)C(O)CNc1c(F)c(F)nc(F)c1F. The molecule has 7 heteroatoms. The molecule has 0 aliphatic heterocycles. The van der Waals surface area contributed by atoms with Crippen molar-refractivity contribution in [3.63, 3.8) is 0 Å². The van der Waals surface area contributed by atoms with E-state index in [2.05, 4.69) is 10.3 Å². The summed E-state index contributed by atoms with van der Waals surface area (Å²) in [5, 5.41) is 11.7. The number of pyridine rings is 1. The van der Waals surface area contributed by atoms with Crippen LogP contribution in [0.15, 0.2) is 0 Å². The Bertz CT molecular complexity index is 402. The molecule has 0 spiro atoms. The van der Waals surface area contributed by atoms with Crippen molar-refractivity contribution in [2.75, 3.05) is 11.9 Å². The molecular weight excluding hydrogens is 252 g/mol. The Hall–Kier alpha value is -1.37. The number of hydrogen-bond donors (Lipinski definition) is 2. The van der Waals surface area contributed by atoms with E-state index < -0.39 is 35.3 Å². The molecule has 0 bridgehead atoms. The van der Waals surface area contributed by atoms with Crippen LogP contribution in [0.2, 0.25) is 0 Å². The first-order valence-corrected chi connectivity index (χ1v) is 5.50. The molecule has 0 fully saturated rings. The van der Waals surface area contributed by atoms with Crippen molar-refractivity contribution in [1.29, 1.82) is 0 Å². The third-order valence-electron chi connectivity index (χ3n) is 2.79. The quantitative estimate of drug-likeness (QED) is 0.635. The largest absolute Gasteiger partial charge is 0.391 e. The minimum atomic E-state index is -1.73. The molecule has 0 amide bonds. The second-order valence-electron chi connectivity index (χ2n) is 4.03. The molecule has 0 aliphatic rings. The molecule has 2 unspecified atom stereocenters. The zero-order valence-corrected chi connectivity index (χ0v) is 9.98. The molecule has 0 aromatic carbocycles. The van der Waals surface area contributed by atoms with Crippen molar-refractivity contribution >= 4 is 5.69 Å². The van der Waals surface area contributed by atoms with Gasteiger partial charge in [0.2, 0.25) is 11.6 Å². The molecule has 2 N–H and O–H groups in total. The summed E-state index contributed by atoms with van der Waals surface area (Å²) in [6.45, 7) is 3.36. The topological polar surface area (TPSA) is 45.1 Å². The second-order valence-corrected chi connectivity index (χ2v) is 4.03. The van der Waals surface area contributed by atoms with Gasteiger partial charge in [-0.2, -0.15) is 22.5 Å². The monoisotopic (exact) mass is 266 g/mol. The summed E-state index contributed by atoms with van der Waals surface area (Å²) in [6, 6.07) is 0. The number of nitrogens with zero attached hydrogens (tertiary/aromatic N) is 1. The summed E-state index contributed by atoms with van der Waals surface area (Å²) in [5.74, 6) is -6.78. The number of nitrogens with one attached hydrogen (secondary N) is 1. The van der Waals surface area contributed by atoms with E-state index in [1.165, 1.54) is 0 Å². The van der Waals surface area contributed by atoms with E-state index in [0.717, 1.165) is 0 Å². The van der Waals surface area contributed by atoms with E-state index in [0.29, 0.717) is 6.42 Å². The van der Waals surface area contributed by atoms with Gasteiger partial charge in [0.1, 0.15) is 5.69 Å². The van der Waals surface area contributed by atoms with Gasteiger partial charge in [-0.3, -0.25) is 0 Å². The van der Waals surface area contributed by atoms with Crippen molar-refractivity contribution in [1.82, 2.24) is 4.98 Å². The molecule has 0 radical (unpaired) electrons. The van der Waals surface area contributed by atoms with E-state index in [4.69, 9.17) is 0 Å². The van der Waals surface area contributed by atoms with Gasteiger partial charge in [0, 0.05) is 6.54 Å². The van der Waals surface area contributed by atoms with Crippen LogP contribution in [-0.4, -0.2) is 22.7 Å². The first kappa shape index (κ1) is 14.7. The molecule has 2 atom stereocenters. The molecule has 1 aromatic rings. The molecule has 1 aromatic heterocycles.